The minimum atomic E-state index is -0.583. The summed E-state index contributed by atoms with van der Waals surface area (Å²) in [5, 5.41) is 4.05. The van der Waals surface area contributed by atoms with E-state index in [1.807, 2.05) is 61.5 Å². The van der Waals surface area contributed by atoms with Crippen molar-refractivity contribution in [3.63, 3.8) is 0 Å². The van der Waals surface area contributed by atoms with E-state index in [0.717, 1.165) is 18.4 Å². The summed E-state index contributed by atoms with van der Waals surface area (Å²) in [5.74, 6) is -1.81. The third-order valence-corrected chi connectivity index (χ3v) is 7.33. The molecule has 43 heavy (non-hydrogen) atoms. The van der Waals surface area contributed by atoms with E-state index in [-0.39, 0.29) is 18.1 Å². The first kappa shape index (κ1) is 32.9. The molecule has 0 aliphatic carbocycles. The summed E-state index contributed by atoms with van der Waals surface area (Å²) in [4.78, 5) is 44.7. The van der Waals surface area contributed by atoms with Crippen LogP contribution < -0.4 is 4.74 Å². The lowest BCUT2D eigenvalue weighted by Gasteiger charge is -2.23. The molecule has 6 heteroatoms. The maximum Gasteiger partial charge on any atom is 0.338 e. The fourth-order valence-corrected chi connectivity index (χ4v) is 4.70. The third-order valence-electron chi connectivity index (χ3n) is 7.33. The van der Waals surface area contributed by atoms with Gasteiger partial charge in [0, 0.05) is 11.1 Å². The molecule has 0 amide bonds. The fraction of sp³-hybridized carbons (Fsp3) is 0.297. The Hall–Kier alpha value is -4.58. The highest BCUT2D eigenvalue weighted by Crippen LogP contribution is 2.28. The van der Waals surface area contributed by atoms with Crippen LogP contribution in [0.3, 0.4) is 0 Å². The van der Waals surface area contributed by atoms with Crippen molar-refractivity contribution < 1.29 is 24.0 Å². The number of nitrogens with zero attached hydrogens (tertiary/aromatic N) is 1. The number of oxime groups is 1. The van der Waals surface area contributed by atoms with Gasteiger partial charge in [-0.15, -0.1) is 6.58 Å². The van der Waals surface area contributed by atoms with E-state index in [2.05, 4.69) is 30.8 Å². The summed E-state index contributed by atoms with van der Waals surface area (Å²) in [5.41, 5.74) is 2.52. The van der Waals surface area contributed by atoms with Gasteiger partial charge in [0.25, 0.3) is 0 Å². The molecule has 0 fully saturated rings. The predicted molar refractivity (Wildman–Crippen MR) is 171 cm³/mol. The third kappa shape index (κ3) is 10.3. The molecular formula is C37H41NO5. The maximum absolute atomic E-state index is 13.5. The SMILES string of the molecule is C=CC(C/C=C/CC)CC(CC(CC)C(=O)O/N=C(\C)c1ccccc1)C(=O)Oc1ccc(C(=O)c2ccccc2)cc1. The molecule has 3 rings (SSSR count). The van der Waals surface area contributed by atoms with Crippen molar-refractivity contribution in [1.82, 2.24) is 0 Å². The largest absolute Gasteiger partial charge is 0.426 e. The monoisotopic (exact) mass is 579 g/mol. The molecule has 0 bridgehead atoms. The number of esters is 1. The molecule has 224 valence electrons. The highest BCUT2D eigenvalue weighted by Gasteiger charge is 2.30. The molecule has 3 atom stereocenters. The molecule has 0 N–H and O–H groups in total. The lowest BCUT2D eigenvalue weighted by molar-refractivity contribution is -0.150. The highest BCUT2D eigenvalue weighted by molar-refractivity contribution is 6.09. The zero-order valence-corrected chi connectivity index (χ0v) is 25.3. The zero-order valence-electron chi connectivity index (χ0n) is 25.3. The number of rotatable bonds is 16. The summed E-state index contributed by atoms with van der Waals surface area (Å²) >= 11 is 0. The van der Waals surface area contributed by atoms with Gasteiger partial charge in [-0.2, -0.15) is 0 Å². The second-order valence-electron chi connectivity index (χ2n) is 10.5. The Balaban J connectivity index is 1.74. The average Bonchev–Trinajstić information content (AvgIpc) is 3.05. The fourth-order valence-electron chi connectivity index (χ4n) is 4.70. The van der Waals surface area contributed by atoms with Crippen molar-refractivity contribution in [2.45, 2.75) is 52.9 Å². The van der Waals surface area contributed by atoms with Crippen LogP contribution in [0.2, 0.25) is 0 Å². The van der Waals surface area contributed by atoms with Gasteiger partial charge in [-0.1, -0.05) is 97.9 Å². The number of carbonyl (C=O) groups excluding carboxylic acids is 3. The first-order valence-electron chi connectivity index (χ1n) is 14.9. The van der Waals surface area contributed by atoms with Gasteiger partial charge in [0.1, 0.15) is 5.75 Å². The first-order chi connectivity index (χ1) is 20.9. The molecule has 3 aromatic rings. The van der Waals surface area contributed by atoms with Crippen LogP contribution in [0, 0.1) is 17.8 Å². The summed E-state index contributed by atoms with van der Waals surface area (Å²) in [6, 6.07) is 25.0. The van der Waals surface area contributed by atoms with Crippen molar-refractivity contribution in [3.05, 3.63) is 126 Å². The molecule has 0 aromatic heterocycles. The number of allylic oxidation sites excluding steroid dienone is 3. The van der Waals surface area contributed by atoms with E-state index in [1.54, 1.807) is 43.3 Å². The van der Waals surface area contributed by atoms with Crippen LogP contribution in [-0.2, 0) is 14.4 Å². The van der Waals surface area contributed by atoms with Crippen LogP contribution in [0.25, 0.3) is 0 Å². The van der Waals surface area contributed by atoms with Crippen molar-refractivity contribution in [1.29, 1.82) is 0 Å². The first-order valence-corrected chi connectivity index (χ1v) is 14.9. The maximum atomic E-state index is 13.5. The minimum Gasteiger partial charge on any atom is -0.426 e. The Morgan fingerprint density at radius 3 is 1.95 bits per heavy atom. The van der Waals surface area contributed by atoms with E-state index in [1.165, 1.54) is 0 Å². The highest BCUT2D eigenvalue weighted by atomic mass is 16.7. The van der Waals surface area contributed by atoms with Crippen molar-refractivity contribution in [2.24, 2.45) is 22.9 Å². The molecule has 0 spiro atoms. The van der Waals surface area contributed by atoms with Crippen molar-refractivity contribution in [2.75, 3.05) is 0 Å². The summed E-state index contributed by atoms with van der Waals surface area (Å²) in [7, 11) is 0. The molecule has 0 saturated carbocycles. The Morgan fingerprint density at radius 1 is 0.767 bits per heavy atom. The van der Waals surface area contributed by atoms with Gasteiger partial charge in [0.05, 0.1) is 17.5 Å². The normalized spacial score (nSPS) is 13.6. The zero-order chi connectivity index (χ0) is 31.0. The average molecular weight is 580 g/mol. The predicted octanol–water partition coefficient (Wildman–Crippen LogP) is 8.37. The van der Waals surface area contributed by atoms with Crippen molar-refractivity contribution in [3.8, 4) is 5.75 Å². The summed E-state index contributed by atoms with van der Waals surface area (Å²) in [6.45, 7) is 9.71. The van der Waals surface area contributed by atoms with Crippen molar-refractivity contribution >= 4 is 23.4 Å². The number of ketones is 1. The number of carbonyl (C=O) groups is 3. The molecule has 0 aliphatic rings. The van der Waals surface area contributed by atoms with E-state index in [9.17, 15) is 14.4 Å². The number of hydrogen-bond acceptors (Lipinski definition) is 6. The van der Waals surface area contributed by atoms with Gasteiger partial charge in [-0.25, -0.2) is 4.79 Å². The standard InChI is InChI=1S/C37H41NO5/c1-5-8-11-16-28(6-2)25-33(26-29(7-3)37(41)43-38-27(4)30-17-12-9-13-18-30)36(40)42-34-23-21-32(22-24-34)35(39)31-19-14-10-15-20-31/h6,8-15,17-24,28-29,33H,2,5,7,16,25-26H2,1,3-4H3/b11-8+,38-27+. The van der Waals surface area contributed by atoms with Gasteiger partial charge in [-0.05, 0) is 74.8 Å². The lowest BCUT2D eigenvalue weighted by Crippen LogP contribution is -2.28. The van der Waals surface area contributed by atoms with Crippen LogP contribution in [-0.4, -0.2) is 23.4 Å². The lowest BCUT2D eigenvalue weighted by atomic mass is 9.84. The van der Waals surface area contributed by atoms with Gasteiger partial charge in [-0.3, -0.25) is 9.59 Å². The number of hydrogen-bond donors (Lipinski definition) is 0. The Morgan fingerprint density at radius 2 is 1.37 bits per heavy atom. The second-order valence-corrected chi connectivity index (χ2v) is 10.5. The minimum absolute atomic E-state index is 0.0260. The topological polar surface area (TPSA) is 82.0 Å². The van der Waals surface area contributed by atoms with E-state index >= 15 is 0 Å². The number of ether oxygens (including phenoxy) is 1. The molecule has 3 aromatic carbocycles. The van der Waals surface area contributed by atoms with Gasteiger partial charge >= 0.3 is 11.9 Å². The number of benzene rings is 3. The van der Waals surface area contributed by atoms with Crippen LogP contribution >= 0.6 is 0 Å². The Labute approximate surface area is 255 Å². The summed E-state index contributed by atoms with van der Waals surface area (Å²) in [6.07, 6.45) is 8.87. The summed E-state index contributed by atoms with van der Waals surface area (Å²) < 4.78 is 5.79. The van der Waals surface area contributed by atoms with Gasteiger partial charge in [0.2, 0.25) is 0 Å². The quantitative estimate of drug-likeness (QED) is 0.0324. The van der Waals surface area contributed by atoms with Crippen LogP contribution in [0.15, 0.2) is 115 Å². The van der Waals surface area contributed by atoms with Gasteiger partial charge < -0.3 is 9.57 Å². The second kappa shape index (κ2) is 17.4. The van der Waals surface area contributed by atoms with Gasteiger partial charge in [0.15, 0.2) is 5.78 Å². The smallest absolute Gasteiger partial charge is 0.338 e. The Bertz CT molecular complexity index is 1390. The van der Waals surface area contributed by atoms with E-state index < -0.39 is 23.8 Å². The van der Waals surface area contributed by atoms with E-state index in [0.29, 0.717) is 35.4 Å². The molecule has 6 nitrogen and oxygen atoms in total. The molecular weight excluding hydrogens is 538 g/mol. The van der Waals surface area contributed by atoms with Crippen LogP contribution in [0.4, 0.5) is 0 Å². The molecule has 3 unspecified atom stereocenters. The molecule has 0 radical (unpaired) electrons. The Kier molecular flexibility index (Phi) is 13.3. The molecule has 0 aliphatic heterocycles. The van der Waals surface area contributed by atoms with Crippen LogP contribution in [0.5, 0.6) is 5.75 Å². The molecule has 0 heterocycles. The van der Waals surface area contributed by atoms with E-state index in [4.69, 9.17) is 9.57 Å². The van der Waals surface area contributed by atoms with Crippen LogP contribution in [0.1, 0.15) is 74.4 Å². The molecule has 0 saturated heterocycles.